The number of hydrogen-bond acceptors (Lipinski definition) is 4. The van der Waals surface area contributed by atoms with E-state index in [4.69, 9.17) is 0 Å². The third-order valence-corrected chi connectivity index (χ3v) is 4.67. The zero-order valence-electron chi connectivity index (χ0n) is 12.2. The Labute approximate surface area is 116 Å². The van der Waals surface area contributed by atoms with Crippen LogP contribution in [0.2, 0.25) is 0 Å². The SMILES string of the molecule is Cn1cnc2c1c(=O)n(CCCP(C)(C)=O)c(=O)n2C. The molecule has 0 bridgehead atoms. The molecule has 110 valence electrons. The van der Waals surface area contributed by atoms with Crippen LogP contribution in [0.1, 0.15) is 6.42 Å². The number of rotatable bonds is 4. The average Bonchev–Trinajstić information content (AvgIpc) is 2.72. The van der Waals surface area contributed by atoms with Gasteiger partial charge in [-0.25, -0.2) is 9.78 Å². The first-order valence-corrected chi connectivity index (χ1v) is 9.16. The molecule has 0 spiro atoms. The lowest BCUT2D eigenvalue weighted by Crippen LogP contribution is -2.39. The van der Waals surface area contributed by atoms with E-state index in [9.17, 15) is 14.2 Å². The lowest BCUT2D eigenvalue weighted by molar-refractivity contribution is 0.566. The van der Waals surface area contributed by atoms with Crippen LogP contribution in [0.25, 0.3) is 11.2 Å². The minimum Gasteiger partial charge on any atom is -0.328 e. The van der Waals surface area contributed by atoms with E-state index in [0.29, 0.717) is 23.7 Å². The van der Waals surface area contributed by atoms with Crippen molar-refractivity contribution < 1.29 is 4.57 Å². The summed E-state index contributed by atoms with van der Waals surface area (Å²) in [5.41, 5.74) is 0.0621. The van der Waals surface area contributed by atoms with E-state index in [0.717, 1.165) is 0 Å². The van der Waals surface area contributed by atoms with E-state index in [1.54, 1.807) is 32.0 Å². The Bertz CT molecular complexity index is 808. The van der Waals surface area contributed by atoms with Crippen molar-refractivity contribution in [1.82, 2.24) is 18.7 Å². The molecule has 0 aliphatic rings. The molecule has 0 amide bonds. The van der Waals surface area contributed by atoms with Crippen LogP contribution in [0.5, 0.6) is 0 Å². The molecule has 0 fully saturated rings. The normalized spacial score (nSPS) is 12.2. The van der Waals surface area contributed by atoms with E-state index in [-0.39, 0.29) is 17.8 Å². The van der Waals surface area contributed by atoms with Gasteiger partial charge in [0.1, 0.15) is 0 Å². The average molecular weight is 298 g/mol. The molecule has 0 aliphatic carbocycles. The largest absolute Gasteiger partial charge is 0.332 e. The molecule has 2 heterocycles. The molecule has 0 aliphatic heterocycles. The Morgan fingerprint density at radius 1 is 1.25 bits per heavy atom. The number of aryl methyl sites for hydroxylation is 2. The van der Waals surface area contributed by atoms with Gasteiger partial charge in [0.2, 0.25) is 0 Å². The summed E-state index contributed by atoms with van der Waals surface area (Å²) in [6.45, 7) is 3.69. The number of imidazole rings is 1. The molecule has 0 radical (unpaired) electrons. The number of fused-ring (bicyclic) bond motifs is 1. The van der Waals surface area contributed by atoms with Gasteiger partial charge in [0, 0.05) is 26.8 Å². The summed E-state index contributed by atoms with van der Waals surface area (Å²) in [7, 11) is 1.18. The van der Waals surface area contributed by atoms with Crippen LogP contribution < -0.4 is 11.2 Å². The predicted octanol–water partition coefficient (Wildman–Crippen LogP) is 0.446. The molecular weight excluding hydrogens is 279 g/mol. The highest BCUT2D eigenvalue weighted by molar-refractivity contribution is 7.62. The molecule has 0 aromatic carbocycles. The smallest absolute Gasteiger partial charge is 0.328 e. The molecule has 0 saturated heterocycles. The first-order chi connectivity index (χ1) is 9.22. The van der Waals surface area contributed by atoms with Gasteiger partial charge >= 0.3 is 5.69 Å². The molecular formula is C12H19N4O3P. The van der Waals surface area contributed by atoms with Gasteiger partial charge in [0.05, 0.1) is 13.5 Å². The van der Waals surface area contributed by atoms with Crippen LogP contribution in [-0.4, -0.2) is 38.2 Å². The summed E-state index contributed by atoms with van der Waals surface area (Å²) in [6.07, 6.45) is 2.58. The second-order valence-electron chi connectivity index (χ2n) is 5.48. The minimum absolute atomic E-state index is 0.276. The van der Waals surface area contributed by atoms with Crippen LogP contribution in [0, 0.1) is 0 Å². The maximum Gasteiger partial charge on any atom is 0.332 e. The highest BCUT2D eigenvalue weighted by Gasteiger charge is 2.15. The molecule has 0 atom stereocenters. The lowest BCUT2D eigenvalue weighted by atomic mass is 10.4. The topological polar surface area (TPSA) is 78.9 Å². The summed E-state index contributed by atoms with van der Waals surface area (Å²) in [5, 5.41) is 0. The Hall–Kier alpha value is -1.62. The fourth-order valence-corrected chi connectivity index (χ4v) is 3.11. The minimum atomic E-state index is -2.13. The number of hydrogen-bond donors (Lipinski definition) is 0. The highest BCUT2D eigenvalue weighted by Crippen LogP contribution is 2.36. The van der Waals surface area contributed by atoms with Gasteiger partial charge in [-0.05, 0) is 19.8 Å². The Balaban J connectivity index is 2.49. The molecule has 0 N–H and O–H groups in total. The highest BCUT2D eigenvalue weighted by atomic mass is 31.2. The molecule has 2 aromatic heterocycles. The van der Waals surface area contributed by atoms with Gasteiger partial charge in [-0.2, -0.15) is 0 Å². The van der Waals surface area contributed by atoms with Gasteiger partial charge in [0.15, 0.2) is 11.2 Å². The van der Waals surface area contributed by atoms with Crippen molar-refractivity contribution in [3.8, 4) is 0 Å². The Morgan fingerprint density at radius 3 is 2.50 bits per heavy atom. The monoisotopic (exact) mass is 298 g/mol. The number of nitrogens with zero attached hydrogens (tertiary/aromatic N) is 4. The van der Waals surface area contributed by atoms with Gasteiger partial charge in [-0.3, -0.25) is 13.9 Å². The second-order valence-corrected chi connectivity index (χ2v) is 9.07. The van der Waals surface area contributed by atoms with E-state index in [1.807, 2.05) is 0 Å². The zero-order valence-corrected chi connectivity index (χ0v) is 13.1. The number of aromatic nitrogens is 4. The van der Waals surface area contributed by atoms with Crippen molar-refractivity contribution >= 4 is 18.3 Å². The van der Waals surface area contributed by atoms with Crippen LogP contribution >= 0.6 is 7.14 Å². The standard InChI is InChI=1S/C12H19N4O3P/c1-14-8-13-10-9(14)11(17)16(12(18)15(10)2)6-5-7-20(3,4)19/h8H,5-7H2,1-4H3. The quantitative estimate of drug-likeness (QED) is 0.768. The molecule has 2 rings (SSSR count). The summed E-state index contributed by atoms with van der Waals surface area (Å²) >= 11 is 0. The first-order valence-electron chi connectivity index (χ1n) is 6.37. The van der Waals surface area contributed by atoms with E-state index < -0.39 is 7.14 Å². The van der Waals surface area contributed by atoms with Crippen molar-refractivity contribution in [2.45, 2.75) is 13.0 Å². The molecule has 7 nitrogen and oxygen atoms in total. The summed E-state index contributed by atoms with van der Waals surface area (Å²) in [5.74, 6) is 0. The fraction of sp³-hybridized carbons (Fsp3) is 0.583. The van der Waals surface area contributed by atoms with E-state index in [2.05, 4.69) is 4.98 Å². The van der Waals surface area contributed by atoms with Gasteiger partial charge in [-0.1, -0.05) is 0 Å². The Morgan fingerprint density at radius 2 is 1.90 bits per heavy atom. The molecule has 0 saturated carbocycles. The third-order valence-electron chi connectivity index (χ3n) is 3.28. The fourth-order valence-electron chi connectivity index (χ4n) is 2.20. The van der Waals surface area contributed by atoms with Crippen molar-refractivity contribution in [3.63, 3.8) is 0 Å². The van der Waals surface area contributed by atoms with Crippen LogP contribution in [0.4, 0.5) is 0 Å². The molecule has 2 aromatic rings. The molecule has 20 heavy (non-hydrogen) atoms. The summed E-state index contributed by atoms with van der Waals surface area (Å²) in [4.78, 5) is 28.6. The molecule has 8 heteroatoms. The van der Waals surface area contributed by atoms with Crippen LogP contribution in [0.15, 0.2) is 15.9 Å². The van der Waals surface area contributed by atoms with Crippen LogP contribution in [-0.2, 0) is 25.2 Å². The van der Waals surface area contributed by atoms with Crippen LogP contribution in [0.3, 0.4) is 0 Å². The third kappa shape index (κ3) is 2.63. The summed E-state index contributed by atoms with van der Waals surface area (Å²) < 4.78 is 15.9. The van der Waals surface area contributed by atoms with Crippen molar-refractivity contribution in [1.29, 1.82) is 0 Å². The van der Waals surface area contributed by atoms with Crippen molar-refractivity contribution in [3.05, 3.63) is 27.2 Å². The van der Waals surface area contributed by atoms with Crippen molar-refractivity contribution in [2.24, 2.45) is 14.1 Å². The second kappa shape index (κ2) is 5.05. The Kier molecular flexibility index (Phi) is 3.73. The lowest BCUT2D eigenvalue weighted by Gasteiger charge is -2.10. The van der Waals surface area contributed by atoms with Gasteiger partial charge in [0.25, 0.3) is 5.56 Å². The maximum atomic E-state index is 12.4. The predicted molar refractivity (Wildman–Crippen MR) is 79.2 cm³/mol. The van der Waals surface area contributed by atoms with Gasteiger partial charge < -0.3 is 9.13 Å². The van der Waals surface area contributed by atoms with E-state index >= 15 is 0 Å². The van der Waals surface area contributed by atoms with Crippen molar-refractivity contribution in [2.75, 3.05) is 19.5 Å². The summed E-state index contributed by atoms with van der Waals surface area (Å²) in [6, 6.07) is 0. The zero-order chi connectivity index (χ0) is 15.1. The van der Waals surface area contributed by atoms with Gasteiger partial charge in [-0.15, -0.1) is 0 Å². The first kappa shape index (κ1) is 14.8. The maximum absolute atomic E-state index is 12.4. The van der Waals surface area contributed by atoms with E-state index in [1.165, 1.54) is 15.5 Å². The molecule has 0 unspecified atom stereocenters.